The van der Waals surface area contributed by atoms with Crippen molar-refractivity contribution in [1.29, 1.82) is 0 Å². The second kappa shape index (κ2) is 6.55. The second-order valence-corrected chi connectivity index (χ2v) is 4.80. The summed E-state index contributed by atoms with van der Waals surface area (Å²) in [6.45, 7) is 3.99. The largest absolute Gasteiger partial charge is 0.392 e. The van der Waals surface area contributed by atoms with Gasteiger partial charge >= 0.3 is 0 Å². The van der Waals surface area contributed by atoms with Gasteiger partial charge in [-0.3, -0.25) is 4.79 Å². The highest BCUT2D eigenvalue weighted by Crippen LogP contribution is 2.17. The lowest BCUT2D eigenvalue weighted by Gasteiger charge is -2.06. The fourth-order valence-corrected chi connectivity index (χ4v) is 1.82. The fourth-order valence-electron chi connectivity index (χ4n) is 1.10. The molecule has 3 nitrogen and oxygen atoms in total. The summed E-state index contributed by atoms with van der Waals surface area (Å²) in [7, 11) is 0. The molecule has 0 aromatic heterocycles. The summed E-state index contributed by atoms with van der Waals surface area (Å²) in [5.74, 6) is 0.335. The summed E-state index contributed by atoms with van der Waals surface area (Å²) in [6, 6.07) is 8.05. The molecule has 0 fully saturated rings. The molecule has 0 aliphatic carbocycles. The van der Waals surface area contributed by atoms with Crippen molar-refractivity contribution in [2.45, 2.75) is 24.8 Å². The monoisotopic (exact) mass is 239 g/mol. The molecule has 1 atom stereocenters. The van der Waals surface area contributed by atoms with Gasteiger partial charge in [0.25, 0.3) is 0 Å². The van der Waals surface area contributed by atoms with Gasteiger partial charge in [-0.25, -0.2) is 0 Å². The first kappa shape index (κ1) is 13.1. The van der Waals surface area contributed by atoms with Crippen molar-refractivity contribution in [2.24, 2.45) is 0 Å². The molecule has 0 aliphatic rings. The summed E-state index contributed by atoms with van der Waals surface area (Å²) < 4.78 is 0. The summed E-state index contributed by atoms with van der Waals surface area (Å²) in [5.41, 5.74) is 1.21. The van der Waals surface area contributed by atoms with Gasteiger partial charge in [0.1, 0.15) is 0 Å². The summed E-state index contributed by atoms with van der Waals surface area (Å²) >= 11 is 1.50. The van der Waals surface area contributed by atoms with Crippen LogP contribution in [0.2, 0.25) is 0 Å². The summed E-state index contributed by atoms with van der Waals surface area (Å²) in [5, 5.41) is 11.6. The Morgan fingerprint density at radius 3 is 2.62 bits per heavy atom. The molecule has 88 valence electrons. The summed E-state index contributed by atoms with van der Waals surface area (Å²) in [4.78, 5) is 12.4. The lowest BCUT2D eigenvalue weighted by molar-refractivity contribution is -0.118. The van der Waals surface area contributed by atoms with E-state index in [1.807, 2.05) is 31.2 Å². The smallest absolute Gasteiger partial charge is 0.230 e. The average molecular weight is 239 g/mol. The molecule has 0 unspecified atom stereocenters. The number of hydrogen-bond acceptors (Lipinski definition) is 3. The Morgan fingerprint density at radius 2 is 2.06 bits per heavy atom. The van der Waals surface area contributed by atoms with E-state index in [1.54, 1.807) is 6.92 Å². The highest BCUT2D eigenvalue weighted by Gasteiger charge is 2.03. The Balaban J connectivity index is 2.29. The second-order valence-electron chi connectivity index (χ2n) is 3.75. The van der Waals surface area contributed by atoms with Crippen molar-refractivity contribution >= 4 is 17.7 Å². The van der Waals surface area contributed by atoms with Crippen LogP contribution in [-0.2, 0) is 4.79 Å². The third-order valence-electron chi connectivity index (χ3n) is 1.99. The van der Waals surface area contributed by atoms with Gasteiger partial charge in [0.15, 0.2) is 0 Å². The van der Waals surface area contributed by atoms with E-state index in [0.717, 1.165) is 4.90 Å². The van der Waals surface area contributed by atoms with Gasteiger partial charge in [0, 0.05) is 11.4 Å². The van der Waals surface area contributed by atoms with Gasteiger partial charge in [-0.1, -0.05) is 17.7 Å². The number of rotatable bonds is 5. The van der Waals surface area contributed by atoms with Gasteiger partial charge in [-0.2, -0.15) is 0 Å². The van der Waals surface area contributed by atoms with Crippen molar-refractivity contribution < 1.29 is 9.90 Å². The highest BCUT2D eigenvalue weighted by molar-refractivity contribution is 8.00. The predicted molar refractivity (Wildman–Crippen MR) is 66.6 cm³/mol. The quantitative estimate of drug-likeness (QED) is 0.767. The van der Waals surface area contributed by atoms with Gasteiger partial charge in [0.05, 0.1) is 11.9 Å². The molecule has 2 N–H and O–H groups in total. The van der Waals surface area contributed by atoms with Crippen LogP contribution in [0.1, 0.15) is 12.5 Å². The number of carbonyl (C=O) groups is 1. The number of carbonyl (C=O) groups excluding carboxylic acids is 1. The first-order valence-electron chi connectivity index (χ1n) is 5.22. The Labute approximate surface area is 100 Å². The highest BCUT2D eigenvalue weighted by atomic mass is 32.2. The van der Waals surface area contributed by atoms with E-state index in [9.17, 15) is 4.79 Å². The molecule has 1 amide bonds. The lowest BCUT2D eigenvalue weighted by Crippen LogP contribution is -2.31. The van der Waals surface area contributed by atoms with Crippen molar-refractivity contribution in [1.82, 2.24) is 5.32 Å². The SMILES string of the molecule is Cc1ccc(SCC(=O)NC[C@@H](C)O)cc1. The predicted octanol–water partition coefficient (Wildman–Crippen LogP) is 1.58. The van der Waals surface area contributed by atoms with E-state index in [1.165, 1.54) is 17.3 Å². The molecular formula is C12H17NO2S. The van der Waals surface area contributed by atoms with Crippen LogP contribution in [0.15, 0.2) is 29.2 Å². The van der Waals surface area contributed by atoms with Crippen LogP contribution in [-0.4, -0.2) is 29.4 Å². The van der Waals surface area contributed by atoms with Crippen LogP contribution in [0, 0.1) is 6.92 Å². The molecular weight excluding hydrogens is 222 g/mol. The number of nitrogens with one attached hydrogen (secondary N) is 1. The third kappa shape index (κ3) is 5.19. The standard InChI is InChI=1S/C12H17NO2S/c1-9-3-5-11(6-4-9)16-8-12(15)13-7-10(2)14/h3-6,10,14H,7-8H2,1-2H3,(H,13,15)/t10-/m1/s1. The average Bonchev–Trinajstić information content (AvgIpc) is 2.25. The molecule has 0 aliphatic heterocycles. The molecule has 1 aromatic rings. The van der Waals surface area contributed by atoms with Gasteiger partial charge < -0.3 is 10.4 Å². The van der Waals surface area contributed by atoms with Crippen LogP contribution >= 0.6 is 11.8 Å². The zero-order chi connectivity index (χ0) is 12.0. The Morgan fingerprint density at radius 1 is 1.44 bits per heavy atom. The number of amides is 1. The molecule has 0 heterocycles. The van der Waals surface area contributed by atoms with Crippen molar-refractivity contribution in [3.63, 3.8) is 0 Å². The van der Waals surface area contributed by atoms with Gasteiger partial charge in [-0.05, 0) is 26.0 Å². The number of benzene rings is 1. The third-order valence-corrected chi connectivity index (χ3v) is 3.00. The zero-order valence-electron chi connectivity index (χ0n) is 9.56. The number of aryl methyl sites for hydroxylation is 1. The molecule has 0 saturated carbocycles. The maximum atomic E-state index is 11.3. The molecule has 1 rings (SSSR count). The molecule has 1 aromatic carbocycles. The first-order chi connectivity index (χ1) is 7.58. The maximum absolute atomic E-state index is 11.3. The normalized spacial score (nSPS) is 12.2. The topological polar surface area (TPSA) is 49.3 Å². The van der Waals surface area contributed by atoms with E-state index in [0.29, 0.717) is 12.3 Å². The van der Waals surface area contributed by atoms with Crippen LogP contribution in [0.4, 0.5) is 0 Å². The van der Waals surface area contributed by atoms with E-state index in [2.05, 4.69) is 5.32 Å². The van der Waals surface area contributed by atoms with E-state index in [-0.39, 0.29) is 5.91 Å². The maximum Gasteiger partial charge on any atom is 0.230 e. The molecule has 0 spiro atoms. The van der Waals surface area contributed by atoms with Crippen LogP contribution in [0.5, 0.6) is 0 Å². The Kier molecular flexibility index (Phi) is 5.35. The van der Waals surface area contributed by atoms with Gasteiger partial charge in [0.2, 0.25) is 5.91 Å². The fraction of sp³-hybridized carbons (Fsp3) is 0.417. The van der Waals surface area contributed by atoms with Crippen LogP contribution in [0.25, 0.3) is 0 Å². The minimum absolute atomic E-state index is 0.0496. The molecule has 4 heteroatoms. The first-order valence-corrected chi connectivity index (χ1v) is 6.20. The van der Waals surface area contributed by atoms with Gasteiger partial charge in [-0.15, -0.1) is 11.8 Å². The number of hydrogen-bond donors (Lipinski definition) is 2. The molecule has 16 heavy (non-hydrogen) atoms. The Bertz CT molecular complexity index is 335. The van der Waals surface area contributed by atoms with Crippen LogP contribution < -0.4 is 5.32 Å². The van der Waals surface area contributed by atoms with E-state index >= 15 is 0 Å². The van der Waals surface area contributed by atoms with Crippen molar-refractivity contribution in [3.8, 4) is 0 Å². The molecule has 0 radical (unpaired) electrons. The number of aliphatic hydroxyl groups excluding tert-OH is 1. The lowest BCUT2D eigenvalue weighted by atomic mass is 10.2. The van der Waals surface area contributed by atoms with E-state index < -0.39 is 6.10 Å². The van der Waals surface area contributed by atoms with Crippen molar-refractivity contribution in [3.05, 3.63) is 29.8 Å². The Hall–Kier alpha value is -1.00. The number of thioether (sulfide) groups is 1. The number of aliphatic hydroxyl groups is 1. The minimum Gasteiger partial charge on any atom is -0.392 e. The zero-order valence-corrected chi connectivity index (χ0v) is 10.4. The summed E-state index contributed by atoms with van der Waals surface area (Å²) in [6.07, 6.45) is -0.492. The van der Waals surface area contributed by atoms with Crippen molar-refractivity contribution in [2.75, 3.05) is 12.3 Å². The van der Waals surface area contributed by atoms with Crippen LogP contribution in [0.3, 0.4) is 0 Å². The van der Waals surface area contributed by atoms with E-state index in [4.69, 9.17) is 5.11 Å². The molecule has 0 saturated heterocycles. The minimum atomic E-state index is -0.492. The molecule has 0 bridgehead atoms.